The molecule has 0 radical (unpaired) electrons. The van der Waals surface area contributed by atoms with E-state index in [1.807, 2.05) is 0 Å². The summed E-state index contributed by atoms with van der Waals surface area (Å²) in [7, 11) is 0. The number of benzene rings is 1. The Morgan fingerprint density at radius 2 is 2.06 bits per heavy atom. The summed E-state index contributed by atoms with van der Waals surface area (Å²) in [5.74, 6) is -1.00. The summed E-state index contributed by atoms with van der Waals surface area (Å²) in [6.45, 7) is 4.52. The van der Waals surface area contributed by atoms with Crippen LogP contribution in [0.15, 0.2) is 16.6 Å². The predicted molar refractivity (Wildman–Crippen MR) is 63.1 cm³/mol. The monoisotopic (exact) mass is 289 g/mol. The Morgan fingerprint density at radius 1 is 1.44 bits per heavy atom. The first-order valence-corrected chi connectivity index (χ1v) is 6.07. The molecule has 4 heteroatoms. The molecule has 0 spiro atoms. The zero-order valence-electron chi connectivity index (χ0n) is 9.28. The van der Waals surface area contributed by atoms with Gasteiger partial charge in [0.25, 0.3) is 0 Å². The van der Waals surface area contributed by atoms with Crippen LogP contribution < -0.4 is 5.32 Å². The standard InChI is InChI=1S/C12H14BrF2N/c1-12(2)5-10(12)16-6-7-9(14)4-3-8(13)11(7)15/h3-4,10,16H,5-6H2,1-2H3. The molecule has 0 aliphatic heterocycles. The van der Waals surface area contributed by atoms with Crippen LogP contribution in [0.25, 0.3) is 0 Å². The van der Waals surface area contributed by atoms with Gasteiger partial charge in [-0.3, -0.25) is 0 Å². The molecule has 1 saturated carbocycles. The average molecular weight is 290 g/mol. The van der Waals surface area contributed by atoms with Crippen molar-refractivity contribution in [3.8, 4) is 0 Å². The van der Waals surface area contributed by atoms with E-state index in [9.17, 15) is 8.78 Å². The van der Waals surface area contributed by atoms with Crippen molar-refractivity contribution in [2.45, 2.75) is 32.9 Å². The van der Waals surface area contributed by atoms with Crippen molar-refractivity contribution in [3.63, 3.8) is 0 Å². The maximum atomic E-state index is 13.6. The minimum absolute atomic E-state index is 0.108. The van der Waals surface area contributed by atoms with E-state index in [0.29, 0.717) is 10.5 Å². The van der Waals surface area contributed by atoms with Crippen LogP contribution in [0.5, 0.6) is 0 Å². The predicted octanol–water partition coefficient (Wildman–Crippen LogP) is 3.62. The summed E-state index contributed by atoms with van der Waals surface area (Å²) in [4.78, 5) is 0. The molecule has 1 aromatic rings. The molecular weight excluding hydrogens is 276 g/mol. The van der Waals surface area contributed by atoms with E-state index < -0.39 is 11.6 Å². The molecule has 1 N–H and O–H groups in total. The largest absolute Gasteiger partial charge is 0.309 e. The van der Waals surface area contributed by atoms with Crippen molar-refractivity contribution < 1.29 is 8.78 Å². The van der Waals surface area contributed by atoms with Crippen molar-refractivity contribution in [2.24, 2.45) is 5.41 Å². The van der Waals surface area contributed by atoms with Gasteiger partial charge in [-0.2, -0.15) is 0 Å². The van der Waals surface area contributed by atoms with Gasteiger partial charge in [-0.05, 0) is 39.9 Å². The molecule has 1 aliphatic carbocycles. The van der Waals surface area contributed by atoms with Gasteiger partial charge in [-0.1, -0.05) is 13.8 Å². The average Bonchev–Trinajstić information content (AvgIpc) is 2.81. The highest BCUT2D eigenvalue weighted by Crippen LogP contribution is 2.44. The highest BCUT2D eigenvalue weighted by atomic mass is 79.9. The number of hydrogen-bond acceptors (Lipinski definition) is 1. The third-order valence-corrected chi connectivity index (χ3v) is 3.79. The third kappa shape index (κ3) is 2.28. The Balaban J connectivity index is 2.07. The highest BCUT2D eigenvalue weighted by Gasteiger charge is 2.45. The smallest absolute Gasteiger partial charge is 0.144 e. The minimum Gasteiger partial charge on any atom is -0.309 e. The van der Waals surface area contributed by atoms with Gasteiger partial charge in [0.1, 0.15) is 11.6 Å². The minimum atomic E-state index is -0.508. The van der Waals surface area contributed by atoms with Gasteiger partial charge < -0.3 is 5.32 Å². The van der Waals surface area contributed by atoms with Crippen LogP contribution in [-0.4, -0.2) is 6.04 Å². The zero-order valence-corrected chi connectivity index (χ0v) is 10.9. The summed E-state index contributed by atoms with van der Waals surface area (Å²) < 4.78 is 27.3. The second-order valence-corrected chi connectivity index (χ2v) is 5.80. The fourth-order valence-corrected chi connectivity index (χ4v) is 2.14. The van der Waals surface area contributed by atoms with E-state index in [4.69, 9.17) is 0 Å². The lowest BCUT2D eigenvalue weighted by Crippen LogP contribution is -2.21. The molecule has 1 aliphatic rings. The van der Waals surface area contributed by atoms with E-state index in [-0.39, 0.29) is 17.5 Å². The number of nitrogens with one attached hydrogen (secondary N) is 1. The van der Waals surface area contributed by atoms with Crippen LogP contribution in [0.2, 0.25) is 0 Å². The fourth-order valence-electron chi connectivity index (χ4n) is 1.77. The van der Waals surface area contributed by atoms with E-state index in [2.05, 4.69) is 35.1 Å². The Labute approximate surface area is 102 Å². The lowest BCUT2D eigenvalue weighted by molar-refractivity contribution is 0.503. The van der Waals surface area contributed by atoms with Crippen LogP contribution in [0.1, 0.15) is 25.8 Å². The first-order chi connectivity index (χ1) is 7.42. The van der Waals surface area contributed by atoms with Gasteiger partial charge in [0.05, 0.1) is 4.47 Å². The summed E-state index contributed by atoms with van der Waals surface area (Å²) in [5, 5.41) is 3.17. The molecular formula is C12H14BrF2N. The van der Waals surface area contributed by atoms with E-state index in [0.717, 1.165) is 6.42 Å². The highest BCUT2D eigenvalue weighted by molar-refractivity contribution is 9.10. The molecule has 1 nitrogen and oxygen atoms in total. The summed E-state index contributed by atoms with van der Waals surface area (Å²) in [6, 6.07) is 3.03. The van der Waals surface area contributed by atoms with E-state index >= 15 is 0 Å². The van der Waals surface area contributed by atoms with Crippen molar-refractivity contribution in [1.29, 1.82) is 0 Å². The third-order valence-electron chi connectivity index (χ3n) is 3.18. The molecule has 1 fully saturated rings. The summed E-state index contributed by atoms with van der Waals surface area (Å²) in [6.07, 6.45) is 1.06. The Morgan fingerprint density at radius 3 is 2.62 bits per heavy atom. The Kier molecular flexibility index (Phi) is 3.05. The van der Waals surface area contributed by atoms with Gasteiger partial charge in [0.2, 0.25) is 0 Å². The molecule has 88 valence electrons. The van der Waals surface area contributed by atoms with Crippen molar-refractivity contribution in [2.75, 3.05) is 0 Å². The van der Waals surface area contributed by atoms with Crippen molar-refractivity contribution in [3.05, 3.63) is 33.8 Å². The fraction of sp³-hybridized carbons (Fsp3) is 0.500. The molecule has 0 bridgehead atoms. The van der Waals surface area contributed by atoms with Crippen LogP contribution in [0, 0.1) is 17.0 Å². The number of hydrogen-bond donors (Lipinski definition) is 1. The molecule has 0 heterocycles. The molecule has 1 aromatic carbocycles. The summed E-state index contributed by atoms with van der Waals surface area (Å²) in [5.41, 5.74) is 0.371. The number of rotatable bonds is 3. The van der Waals surface area contributed by atoms with Crippen LogP contribution >= 0.6 is 15.9 Å². The molecule has 0 amide bonds. The maximum Gasteiger partial charge on any atom is 0.144 e. The van der Waals surface area contributed by atoms with Crippen molar-refractivity contribution in [1.82, 2.24) is 5.32 Å². The summed E-state index contributed by atoms with van der Waals surface area (Å²) >= 11 is 3.06. The van der Waals surface area contributed by atoms with Gasteiger partial charge >= 0.3 is 0 Å². The molecule has 1 unspecified atom stereocenters. The lowest BCUT2D eigenvalue weighted by Gasteiger charge is -2.09. The molecule has 16 heavy (non-hydrogen) atoms. The first kappa shape index (κ1) is 12.0. The lowest BCUT2D eigenvalue weighted by atomic mass is 10.1. The van der Waals surface area contributed by atoms with Gasteiger partial charge in [-0.15, -0.1) is 0 Å². The normalized spacial score (nSPS) is 22.2. The topological polar surface area (TPSA) is 12.0 Å². The van der Waals surface area contributed by atoms with Gasteiger partial charge in [-0.25, -0.2) is 8.78 Å². The van der Waals surface area contributed by atoms with Crippen molar-refractivity contribution >= 4 is 15.9 Å². The Hall–Kier alpha value is -0.480. The van der Waals surface area contributed by atoms with Gasteiger partial charge in [0.15, 0.2) is 0 Å². The maximum absolute atomic E-state index is 13.6. The van der Waals surface area contributed by atoms with Crippen LogP contribution in [-0.2, 0) is 6.54 Å². The van der Waals surface area contributed by atoms with E-state index in [1.165, 1.54) is 12.1 Å². The molecule has 2 rings (SSSR count). The quantitative estimate of drug-likeness (QED) is 0.838. The Bertz CT molecular complexity index is 418. The second-order valence-electron chi connectivity index (χ2n) is 4.95. The second kappa shape index (κ2) is 4.08. The molecule has 0 aromatic heterocycles. The van der Waals surface area contributed by atoms with E-state index in [1.54, 1.807) is 0 Å². The molecule has 0 saturated heterocycles. The number of halogens is 3. The van der Waals surface area contributed by atoms with Crippen LogP contribution in [0.4, 0.5) is 8.78 Å². The first-order valence-electron chi connectivity index (χ1n) is 5.27. The molecule has 1 atom stereocenters. The SMILES string of the molecule is CC1(C)CC1NCc1c(F)ccc(Br)c1F. The van der Waals surface area contributed by atoms with Gasteiger partial charge in [0, 0.05) is 18.2 Å². The zero-order chi connectivity index (χ0) is 11.9. The van der Waals surface area contributed by atoms with Crippen LogP contribution in [0.3, 0.4) is 0 Å².